The Morgan fingerprint density at radius 2 is 1.93 bits per heavy atom. The second-order valence-electron chi connectivity index (χ2n) is 5.03. The molecule has 4 heteroatoms. The van der Waals surface area contributed by atoms with E-state index in [9.17, 15) is 8.42 Å². The van der Waals surface area contributed by atoms with Gasteiger partial charge in [-0.3, -0.25) is 0 Å². The van der Waals surface area contributed by atoms with E-state index in [4.69, 9.17) is 0 Å². The number of sulfone groups is 1. The van der Waals surface area contributed by atoms with Gasteiger partial charge in [0.15, 0.2) is 9.84 Å². The molecule has 1 fully saturated rings. The maximum atomic E-state index is 11.8. The molecule has 1 aliphatic carbocycles. The minimum absolute atomic E-state index is 0.183. The van der Waals surface area contributed by atoms with Crippen LogP contribution in [-0.4, -0.2) is 33.0 Å². The molecule has 0 aromatic heterocycles. The van der Waals surface area contributed by atoms with Crippen molar-refractivity contribution in [3.63, 3.8) is 0 Å². The second kappa shape index (κ2) is 5.30. The topological polar surface area (TPSA) is 46.2 Å². The van der Waals surface area contributed by atoms with Crippen LogP contribution < -0.4 is 5.32 Å². The summed E-state index contributed by atoms with van der Waals surface area (Å²) in [4.78, 5) is 0. The first kappa shape index (κ1) is 13.0. The maximum absolute atomic E-state index is 11.8. The van der Waals surface area contributed by atoms with Crippen molar-refractivity contribution in [2.75, 3.05) is 18.6 Å². The summed E-state index contributed by atoms with van der Waals surface area (Å²) in [6.07, 6.45) is 3.15. The highest BCUT2D eigenvalue weighted by atomic mass is 32.2. The van der Waals surface area contributed by atoms with Gasteiger partial charge in [0.2, 0.25) is 0 Å². The van der Waals surface area contributed by atoms with Gasteiger partial charge in [-0.25, -0.2) is 8.42 Å². The molecule has 0 bridgehead atoms. The van der Waals surface area contributed by atoms with E-state index in [2.05, 4.69) is 19.2 Å². The molecule has 90 valence electrons. The Kier molecular flexibility index (Phi) is 4.59. The summed E-state index contributed by atoms with van der Waals surface area (Å²) in [5, 5.41) is 3.13. The lowest BCUT2D eigenvalue weighted by molar-refractivity contribution is 0.522. The third kappa shape index (κ3) is 4.98. The minimum Gasteiger partial charge on any atom is -0.316 e. The van der Waals surface area contributed by atoms with Crippen molar-refractivity contribution in [1.82, 2.24) is 5.32 Å². The van der Waals surface area contributed by atoms with Gasteiger partial charge in [-0.1, -0.05) is 13.8 Å². The Morgan fingerprint density at radius 3 is 2.33 bits per heavy atom. The quantitative estimate of drug-likeness (QED) is 0.724. The molecule has 1 aliphatic rings. The Morgan fingerprint density at radius 1 is 1.33 bits per heavy atom. The van der Waals surface area contributed by atoms with Crippen molar-refractivity contribution in [3.8, 4) is 0 Å². The fraction of sp³-hybridized carbons (Fsp3) is 1.00. The van der Waals surface area contributed by atoms with Gasteiger partial charge in [-0.15, -0.1) is 0 Å². The molecule has 0 aromatic rings. The van der Waals surface area contributed by atoms with Crippen molar-refractivity contribution < 1.29 is 8.42 Å². The molecule has 0 heterocycles. The molecule has 3 nitrogen and oxygen atoms in total. The fourth-order valence-electron chi connectivity index (χ4n) is 1.73. The number of hydrogen-bond acceptors (Lipinski definition) is 3. The number of rotatable bonds is 7. The van der Waals surface area contributed by atoms with Crippen LogP contribution in [0.1, 0.15) is 33.1 Å². The second-order valence-corrected chi connectivity index (χ2v) is 7.26. The van der Waals surface area contributed by atoms with Crippen molar-refractivity contribution in [2.45, 2.75) is 39.2 Å². The molecule has 1 atom stereocenters. The van der Waals surface area contributed by atoms with Crippen LogP contribution in [0.2, 0.25) is 0 Å². The van der Waals surface area contributed by atoms with E-state index < -0.39 is 9.84 Å². The lowest BCUT2D eigenvalue weighted by Crippen LogP contribution is -2.35. The zero-order valence-corrected chi connectivity index (χ0v) is 10.8. The predicted molar refractivity (Wildman–Crippen MR) is 63.7 cm³/mol. The average molecular weight is 233 g/mol. The Bertz CT molecular complexity index is 281. The summed E-state index contributed by atoms with van der Waals surface area (Å²) in [7, 11) is -0.993. The third-order valence-electron chi connectivity index (χ3n) is 3.00. The Balaban J connectivity index is 2.39. The van der Waals surface area contributed by atoms with Gasteiger partial charge in [-0.05, 0) is 38.1 Å². The maximum Gasteiger partial charge on any atom is 0.151 e. The molecule has 1 N–H and O–H groups in total. The largest absolute Gasteiger partial charge is 0.316 e. The summed E-state index contributed by atoms with van der Waals surface area (Å²) in [6.45, 7) is 4.12. The van der Waals surface area contributed by atoms with Crippen LogP contribution in [-0.2, 0) is 9.84 Å². The van der Waals surface area contributed by atoms with Gasteiger partial charge in [0.25, 0.3) is 0 Å². The summed E-state index contributed by atoms with van der Waals surface area (Å²) in [5.74, 6) is 1.73. The van der Waals surface area contributed by atoms with E-state index in [1.807, 2.05) is 7.05 Å². The molecule has 0 radical (unpaired) electrons. The summed E-state index contributed by atoms with van der Waals surface area (Å²) in [6, 6.07) is 0.183. The molecule has 1 unspecified atom stereocenters. The van der Waals surface area contributed by atoms with Crippen molar-refractivity contribution in [3.05, 3.63) is 0 Å². The van der Waals surface area contributed by atoms with Gasteiger partial charge in [-0.2, -0.15) is 0 Å². The normalized spacial score (nSPS) is 19.5. The average Bonchev–Trinajstić information content (AvgIpc) is 2.94. The van der Waals surface area contributed by atoms with Crippen LogP contribution in [0.5, 0.6) is 0 Å². The van der Waals surface area contributed by atoms with Gasteiger partial charge >= 0.3 is 0 Å². The summed E-state index contributed by atoms with van der Waals surface area (Å²) < 4.78 is 23.6. The predicted octanol–water partition coefficient (Wildman–Crippen LogP) is 1.45. The van der Waals surface area contributed by atoms with E-state index in [0.29, 0.717) is 23.3 Å². The van der Waals surface area contributed by atoms with Crippen LogP contribution in [0.3, 0.4) is 0 Å². The van der Waals surface area contributed by atoms with Crippen molar-refractivity contribution >= 4 is 9.84 Å². The molecule has 1 rings (SSSR count). The molecule has 1 saturated carbocycles. The van der Waals surface area contributed by atoms with Crippen LogP contribution in [0.15, 0.2) is 0 Å². The number of nitrogens with one attached hydrogen (secondary N) is 1. The van der Waals surface area contributed by atoms with Crippen molar-refractivity contribution in [1.29, 1.82) is 0 Å². The molecular formula is C11H23NO2S. The van der Waals surface area contributed by atoms with E-state index in [-0.39, 0.29) is 6.04 Å². The van der Waals surface area contributed by atoms with Crippen LogP contribution in [0.25, 0.3) is 0 Å². The zero-order chi connectivity index (χ0) is 11.5. The molecular weight excluding hydrogens is 210 g/mol. The molecule has 0 spiro atoms. The van der Waals surface area contributed by atoms with Crippen LogP contribution in [0.4, 0.5) is 0 Å². The highest BCUT2D eigenvalue weighted by molar-refractivity contribution is 7.91. The lowest BCUT2D eigenvalue weighted by Gasteiger charge is -2.15. The van der Waals surface area contributed by atoms with Crippen LogP contribution >= 0.6 is 0 Å². The van der Waals surface area contributed by atoms with E-state index in [1.54, 1.807) is 0 Å². The van der Waals surface area contributed by atoms with Gasteiger partial charge in [0, 0.05) is 6.04 Å². The third-order valence-corrected chi connectivity index (χ3v) is 4.73. The van der Waals surface area contributed by atoms with E-state index >= 15 is 0 Å². The van der Waals surface area contributed by atoms with Gasteiger partial charge < -0.3 is 5.32 Å². The standard InChI is InChI=1S/C11H23NO2S/c1-9(2)6-7-15(13,14)8-11(12-3)10-4-5-10/h9-12H,4-8H2,1-3H3. The van der Waals surface area contributed by atoms with Gasteiger partial charge in [0.1, 0.15) is 0 Å². The van der Waals surface area contributed by atoms with Crippen molar-refractivity contribution in [2.24, 2.45) is 11.8 Å². The number of hydrogen-bond donors (Lipinski definition) is 1. The summed E-state index contributed by atoms with van der Waals surface area (Å²) >= 11 is 0. The fourth-order valence-corrected chi connectivity index (χ4v) is 3.71. The molecule has 0 aromatic carbocycles. The first-order chi connectivity index (χ1) is 6.94. The monoisotopic (exact) mass is 233 g/mol. The highest BCUT2D eigenvalue weighted by Crippen LogP contribution is 2.33. The summed E-state index contributed by atoms with van der Waals surface area (Å²) in [5.41, 5.74) is 0. The zero-order valence-electron chi connectivity index (χ0n) is 9.99. The lowest BCUT2D eigenvalue weighted by atomic mass is 10.2. The van der Waals surface area contributed by atoms with E-state index in [1.165, 1.54) is 12.8 Å². The molecule has 0 aliphatic heterocycles. The Labute approximate surface area is 93.6 Å². The van der Waals surface area contributed by atoms with Crippen LogP contribution in [0, 0.1) is 11.8 Å². The van der Waals surface area contributed by atoms with Gasteiger partial charge in [0.05, 0.1) is 11.5 Å². The smallest absolute Gasteiger partial charge is 0.151 e. The molecule has 0 amide bonds. The first-order valence-electron chi connectivity index (χ1n) is 5.82. The first-order valence-corrected chi connectivity index (χ1v) is 7.64. The molecule has 15 heavy (non-hydrogen) atoms. The molecule has 0 saturated heterocycles. The Hall–Kier alpha value is -0.0900. The SMILES string of the molecule is CNC(CS(=O)(=O)CCC(C)C)C1CC1. The van der Waals surface area contributed by atoms with E-state index in [0.717, 1.165) is 6.42 Å². The minimum atomic E-state index is -2.86. The highest BCUT2D eigenvalue weighted by Gasteiger charge is 2.33.